The Kier molecular flexibility index (Phi) is 3.46. The van der Waals surface area contributed by atoms with Gasteiger partial charge in [0.25, 0.3) is 5.69 Å². The van der Waals surface area contributed by atoms with Crippen LogP contribution < -0.4 is 5.32 Å². The molecule has 0 unspecified atom stereocenters. The van der Waals surface area contributed by atoms with Gasteiger partial charge in [0.15, 0.2) is 5.65 Å². The van der Waals surface area contributed by atoms with Crippen molar-refractivity contribution in [2.75, 3.05) is 11.9 Å². The molecule has 0 aliphatic rings. The summed E-state index contributed by atoms with van der Waals surface area (Å²) < 4.78 is 1.70. The summed E-state index contributed by atoms with van der Waals surface area (Å²) in [7, 11) is 0. The standard InChI is InChI=1S/C14H13N5O2/c20-19(21)12-3-1-11(2-4-12)5-8-15-13-7-10-18-14(17-13)6-9-16-18/h1-4,6-7,9-10H,5,8H2,(H,15,17). The fourth-order valence-electron chi connectivity index (χ4n) is 2.03. The van der Waals surface area contributed by atoms with Crippen LogP contribution in [-0.2, 0) is 6.42 Å². The molecule has 0 saturated carbocycles. The Labute approximate surface area is 120 Å². The lowest BCUT2D eigenvalue weighted by molar-refractivity contribution is -0.384. The SMILES string of the molecule is O=[N+]([O-])c1ccc(CCNc2ccn3nccc3n2)cc1. The zero-order valence-corrected chi connectivity index (χ0v) is 11.1. The van der Waals surface area contributed by atoms with Crippen LogP contribution in [0.1, 0.15) is 5.56 Å². The van der Waals surface area contributed by atoms with E-state index in [1.54, 1.807) is 22.8 Å². The Morgan fingerprint density at radius 1 is 1.19 bits per heavy atom. The smallest absolute Gasteiger partial charge is 0.269 e. The summed E-state index contributed by atoms with van der Waals surface area (Å²) in [5.74, 6) is 0.782. The van der Waals surface area contributed by atoms with Crippen molar-refractivity contribution in [2.24, 2.45) is 0 Å². The molecule has 3 rings (SSSR count). The maximum atomic E-state index is 10.6. The molecule has 0 radical (unpaired) electrons. The molecule has 0 fully saturated rings. The second kappa shape index (κ2) is 5.58. The van der Waals surface area contributed by atoms with Gasteiger partial charge in [0, 0.05) is 30.9 Å². The number of nitro benzene ring substituents is 1. The molecule has 21 heavy (non-hydrogen) atoms. The molecular formula is C14H13N5O2. The number of benzene rings is 1. The maximum absolute atomic E-state index is 10.6. The highest BCUT2D eigenvalue weighted by Gasteiger charge is 2.04. The van der Waals surface area contributed by atoms with Crippen LogP contribution in [0.15, 0.2) is 48.8 Å². The van der Waals surface area contributed by atoms with E-state index in [0.29, 0.717) is 6.54 Å². The van der Waals surface area contributed by atoms with Crippen LogP contribution in [0.4, 0.5) is 11.5 Å². The summed E-state index contributed by atoms with van der Waals surface area (Å²) in [5.41, 5.74) is 1.94. The zero-order valence-electron chi connectivity index (χ0n) is 11.1. The Balaban J connectivity index is 1.58. The molecule has 7 heteroatoms. The molecule has 106 valence electrons. The first-order chi connectivity index (χ1) is 10.2. The lowest BCUT2D eigenvalue weighted by atomic mass is 10.1. The first kappa shape index (κ1) is 13.0. The van der Waals surface area contributed by atoms with Gasteiger partial charge in [-0.2, -0.15) is 5.10 Å². The molecule has 2 heterocycles. The van der Waals surface area contributed by atoms with Crippen LogP contribution in [0.25, 0.3) is 5.65 Å². The van der Waals surface area contributed by atoms with E-state index in [4.69, 9.17) is 0 Å². The molecule has 0 saturated heterocycles. The van der Waals surface area contributed by atoms with Gasteiger partial charge in [-0.05, 0) is 18.1 Å². The van der Waals surface area contributed by atoms with Crippen molar-refractivity contribution >= 4 is 17.2 Å². The van der Waals surface area contributed by atoms with Gasteiger partial charge < -0.3 is 5.32 Å². The van der Waals surface area contributed by atoms with Gasteiger partial charge in [0.1, 0.15) is 5.82 Å². The molecule has 0 spiro atoms. The van der Waals surface area contributed by atoms with Crippen LogP contribution in [0.3, 0.4) is 0 Å². The number of aromatic nitrogens is 3. The van der Waals surface area contributed by atoms with E-state index < -0.39 is 4.92 Å². The zero-order chi connectivity index (χ0) is 14.7. The van der Waals surface area contributed by atoms with E-state index in [-0.39, 0.29) is 5.69 Å². The molecule has 1 aromatic carbocycles. The number of fused-ring (bicyclic) bond motifs is 1. The van der Waals surface area contributed by atoms with E-state index in [9.17, 15) is 10.1 Å². The Morgan fingerprint density at radius 3 is 2.76 bits per heavy atom. The largest absolute Gasteiger partial charge is 0.370 e. The predicted octanol–water partition coefficient (Wildman–Crippen LogP) is 2.29. The van der Waals surface area contributed by atoms with E-state index in [1.165, 1.54) is 12.1 Å². The fourth-order valence-corrected chi connectivity index (χ4v) is 2.03. The number of anilines is 1. The third-order valence-corrected chi connectivity index (χ3v) is 3.12. The number of nitrogens with zero attached hydrogens (tertiary/aromatic N) is 4. The van der Waals surface area contributed by atoms with E-state index in [1.807, 2.05) is 18.3 Å². The molecule has 0 amide bonds. The van der Waals surface area contributed by atoms with Gasteiger partial charge in [-0.3, -0.25) is 10.1 Å². The fraction of sp³-hybridized carbons (Fsp3) is 0.143. The van der Waals surface area contributed by atoms with Gasteiger partial charge in [-0.25, -0.2) is 9.50 Å². The first-order valence-electron chi connectivity index (χ1n) is 6.50. The number of hydrogen-bond acceptors (Lipinski definition) is 5. The first-order valence-corrected chi connectivity index (χ1v) is 6.50. The lowest BCUT2D eigenvalue weighted by Crippen LogP contribution is -2.07. The monoisotopic (exact) mass is 283 g/mol. The Morgan fingerprint density at radius 2 is 2.00 bits per heavy atom. The van der Waals surface area contributed by atoms with E-state index in [0.717, 1.165) is 23.4 Å². The van der Waals surface area contributed by atoms with E-state index in [2.05, 4.69) is 15.4 Å². The van der Waals surface area contributed by atoms with Gasteiger partial charge >= 0.3 is 0 Å². The van der Waals surface area contributed by atoms with E-state index >= 15 is 0 Å². The second-order valence-electron chi connectivity index (χ2n) is 4.55. The number of nitro groups is 1. The molecule has 0 aliphatic carbocycles. The summed E-state index contributed by atoms with van der Waals surface area (Å²) in [6, 6.07) is 10.3. The predicted molar refractivity (Wildman–Crippen MR) is 78.3 cm³/mol. The summed E-state index contributed by atoms with van der Waals surface area (Å²) in [6.45, 7) is 0.703. The van der Waals surface area contributed by atoms with Crippen molar-refractivity contribution in [3.8, 4) is 0 Å². The molecule has 3 aromatic rings. The highest BCUT2D eigenvalue weighted by Crippen LogP contribution is 2.12. The molecule has 0 atom stereocenters. The van der Waals surface area contributed by atoms with Crippen molar-refractivity contribution in [3.63, 3.8) is 0 Å². The Hall–Kier alpha value is -2.96. The lowest BCUT2D eigenvalue weighted by Gasteiger charge is -2.06. The molecule has 7 nitrogen and oxygen atoms in total. The molecule has 2 aromatic heterocycles. The molecule has 0 bridgehead atoms. The van der Waals surface area contributed by atoms with Crippen LogP contribution in [-0.4, -0.2) is 26.1 Å². The van der Waals surface area contributed by atoms with Gasteiger partial charge in [0.2, 0.25) is 0 Å². The van der Waals surface area contributed by atoms with Crippen LogP contribution in [0.5, 0.6) is 0 Å². The number of nitrogens with one attached hydrogen (secondary N) is 1. The van der Waals surface area contributed by atoms with Crippen molar-refractivity contribution in [2.45, 2.75) is 6.42 Å². The topological polar surface area (TPSA) is 85.4 Å². The average molecular weight is 283 g/mol. The third kappa shape index (κ3) is 2.97. The molecular weight excluding hydrogens is 270 g/mol. The maximum Gasteiger partial charge on any atom is 0.269 e. The summed E-state index contributed by atoms with van der Waals surface area (Å²) >= 11 is 0. The van der Waals surface area contributed by atoms with Crippen LogP contribution in [0, 0.1) is 10.1 Å². The minimum Gasteiger partial charge on any atom is -0.370 e. The van der Waals surface area contributed by atoms with Crippen molar-refractivity contribution in [1.82, 2.24) is 14.6 Å². The number of non-ortho nitro benzene ring substituents is 1. The van der Waals surface area contributed by atoms with Crippen LogP contribution >= 0.6 is 0 Å². The summed E-state index contributed by atoms with van der Waals surface area (Å²) in [4.78, 5) is 14.6. The van der Waals surface area contributed by atoms with Gasteiger partial charge in [-0.1, -0.05) is 12.1 Å². The molecule has 1 N–H and O–H groups in total. The summed E-state index contributed by atoms with van der Waals surface area (Å²) in [5, 5.41) is 17.9. The van der Waals surface area contributed by atoms with Gasteiger partial charge in [-0.15, -0.1) is 0 Å². The normalized spacial score (nSPS) is 10.7. The quantitative estimate of drug-likeness (QED) is 0.573. The minimum atomic E-state index is -0.396. The second-order valence-corrected chi connectivity index (χ2v) is 4.55. The number of rotatable bonds is 5. The number of hydrogen-bond donors (Lipinski definition) is 1. The van der Waals surface area contributed by atoms with Crippen molar-refractivity contribution < 1.29 is 4.92 Å². The van der Waals surface area contributed by atoms with Crippen LogP contribution in [0.2, 0.25) is 0 Å². The van der Waals surface area contributed by atoms with Gasteiger partial charge in [0.05, 0.1) is 11.1 Å². The molecule has 0 aliphatic heterocycles. The minimum absolute atomic E-state index is 0.111. The highest BCUT2D eigenvalue weighted by atomic mass is 16.6. The van der Waals surface area contributed by atoms with Crippen molar-refractivity contribution in [3.05, 3.63) is 64.5 Å². The summed E-state index contributed by atoms with van der Waals surface area (Å²) in [6.07, 6.45) is 4.31. The average Bonchev–Trinajstić information content (AvgIpc) is 2.95. The van der Waals surface area contributed by atoms with Crippen molar-refractivity contribution in [1.29, 1.82) is 0 Å². The Bertz CT molecular complexity index is 766. The third-order valence-electron chi connectivity index (χ3n) is 3.12. The highest BCUT2D eigenvalue weighted by molar-refractivity contribution is 5.45.